The van der Waals surface area contributed by atoms with Crippen molar-refractivity contribution in [2.45, 2.75) is 52.9 Å². The number of ether oxygens (including phenoxy) is 1. The van der Waals surface area contributed by atoms with E-state index >= 15 is 0 Å². The summed E-state index contributed by atoms with van der Waals surface area (Å²) in [6.45, 7) is 8.14. The third-order valence-corrected chi connectivity index (χ3v) is 1.73. The normalized spacial score (nSPS) is 32.1. The quantitative estimate of drug-likeness (QED) is 0.510. The SMILES string of the molecule is CC.CC1CC(C)OC(O)C1.NO. The molecule has 0 aromatic rings. The fourth-order valence-corrected chi connectivity index (χ4v) is 1.39. The van der Waals surface area contributed by atoms with Crippen molar-refractivity contribution in [1.82, 2.24) is 0 Å². The Morgan fingerprint density at radius 1 is 1.15 bits per heavy atom. The fraction of sp³-hybridized carbons (Fsp3) is 1.00. The van der Waals surface area contributed by atoms with Gasteiger partial charge in [-0.1, -0.05) is 20.8 Å². The molecule has 1 fully saturated rings. The molecule has 13 heavy (non-hydrogen) atoms. The van der Waals surface area contributed by atoms with Crippen LogP contribution in [0.2, 0.25) is 0 Å². The van der Waals surface area contributed by atoms with E-state index in [0.717, 1.165) is 12.8 Å². The number of aliphatic hydroxyl groups is 1. The van der Waals surface area contributed by atoms with Crippen LogP contribution in [0.5, 0.6) is 0 Å². The van der Waals surface area contributed by atoms with E-state index in [4.69, 9.17) is 15.1 Å². The standard InChI is InChI=1S/C7H14O2.C2H6.H3NO/c1-5-3-6(2)9-7(8)4-5;2*1-2/h5-8H,3-4H2,1-2H3;1-2H3;2H,1H2. The van der Waals surface area contributed by atoms with Gasteiger partial charge in [0.1, 0.15) is 0 Å². The van der Waals surface area contributed by atoms with Crippen LogP contribution in [0.3, 0.4) is 0 Å². The molecule has 0 aromatic carbocycles. The van der Waals surface area contributed by atoms with Gasteiger partial charge in [0.15, 0.2) is 6.29 Å². The van der Waals surface area contributed by atoms with Crippen molar-refractivity contribution < 1.29 is 15.1 Å². The summed E-state index contributed by atoms with van der Waals surface area (Å²) in [5, 5.41) is 15.5. The minimum Gasteiger partial charge on any atom is -0.368 e. The van der Waals surface area contributed by atoms with E-state index < -0.39 is 6.29 Å². The van der Waals surface area contributed by atoms with Crippen LogP contribution in [0.1, 0.15) is 40.5 Å². The van der Waals surface area contributed by atoms with Crippen LogP contribution in [0.25, 0.3) is 0 Å². The Kier molecular flexibility index (Phi) is 11.7. The minimum absolute atomic E-state index is 0.240. The third kappa shape index (κ3) is 8.18. The molecular formula is C9H23NO3. The largest absolute Gasteiger partial charge is 0.368 e. The lowest BCUT2D eigenvalue weighted by Gasteiger charge is -2.28. The first-order valence-corrected chi connectivity index (χ1v) is 4.78. The molecule has 0 spiro atoms. The summed E-state index contributed by atoms with van der Waals surface area (Å²) in [6, 6.07) is 0. The molecule has 0 bridgehead atoms. The summed E-state index contributed by atoms with van der Waals surface area (Å²) in [5.41, 5.74) is 0. The Labute approximate surface area is 80.7 Å². The van der Waals surface area contributed by atoms with Crippen LogP contribution >= 0.6 is 0 Å². The lowest BCUT2D eigenvalue weighted by Crippen LogP contribution is -2.29. The molecule has 1 aliphatic rings. The maximum Gasteiger partial charge on any atom is 0.155 e. The second kappa shape index (κ2) is 9.92. The van der Waals surface area contributed by atoms with E-state index in [-0.39, 0.29) is 6.10 Å². The van der Waals surface area contributed by atoms with E-state index in [1.54, 1.807) is 0 Å². The van der Waals surface area contributed by atoms with Crippen molar-refractivity contribution in [3.63, 3.8) is 0 Å². The van der Waals surface area contributed by atoms with E-state index in [0.29, 0.717) is 5.92 Å². The monoisotopic (exact) mass is 193 g/mol. The average Bonchev–Trinajstić information content (AvgIpc) is 2.09. The summed E-state index contributed by atoms with van der Waals surface area (Å²) in [5.74, 6) is 4.11. The molecular weight excluding hydrogens is 170 g/mol. The highest BCUT2D eigenvalue weighted by atomic mass is 16.6. The molecule has 4 heteroatoms. The molecule has 1 aliphatic heterocycles. The Hall–Kier alpha value is -0.160. The molecule has 1 saturated heterocycles. The second-order valence-corrected chi connectivity index (χ2v) is 2.98. The summed E-state index contributed by atoms with van der Waals surface area (Å²) in [6.07, 6.45) is 1.61. The maximum absolute atomic E-state index is 9.03. The van der Waals surface area contributed by atoms with Crippen LogP contribution in [0.4, 0.5) is 0 Å². The molecule has 1 heterocycles. The zero-order valence-corrected chi connectivity index (χ0v) is 9.03. The number of hydrogen-bond donors (Lipinski definition) is 3. The van der Waals surface area contributed by atoms with E-state index in [9.17, 15) is 0 Å². The molecule has 4 nitrogen and oxygen atoms in total. The molecule has 1 rings (SSSR count). The van der Waals surface area contributed by atoms with Crippen LogP contribution in [-0.4, -0.2) is 22.7 Å². The van der Waals surface area contributed by atoms with Crippen LogP contribution in [-0.2, 0) is 4.74 Å². The molecule has 0 amide bonds. The van der Waals surface area contributed by atoms with Crippen molar-refractivity contribution >= 4 is 0 Å². The molecule has 3 atom stereocenters. The van der Waals surface area contributed by atoms with Gasteiger partial charge in [-0.3, -0.25) is 0 Å². The zero-order valence-electron chi connectivity index (χ0n) is 9.03. The van der Waals surface area contributed by atoms with Gasteiger partial charge < -0.3 is 15.1 Å². The molecule has 0 aliphatic carbocycles. The van der Waals surface area contributed by atoms with Crippen molar-refractivity contribution in [1.29, 1.82) is 0 Å². The van der Waals surface area contributed by atoms with Gasteiger partial charge in [-0.2, -0.15) is 0 Å². The molecule has 3 unspecified atom stereocenters. The first-order valence-electron chi connectivity index (χ1n) is 4.78. The van der Waals surface area contributed by atoms with Crippen LogP contribution in [0.15, 0.2) is 0 Å². The van der Waals surface area contributed by atoms with Gasteiger partial charge in [0.2, 0.25) is 0 Å². The topological polar surface area (TPSA) is 75.7 Å². The van der Waals surface area contributed by atoms with Crippen molar-refractivity contribution in [2.75, 3.05) is 0 Å². The highest BCUT2D eigenvalue weighted by Crippen LogP contribution is 2.22. The second-order valence-electron chi connectivity index (χ2n) is 2.98. The highest BCUT2D eigenvalue weighted by molar-refractivity contribution is 4.66. The average molecular weight is 193 g/mol. The molecule has 0 aromatic heterocycles. The fourth-order valence-electron chi connectivity index (χ4n) is 1.39. The summed E-state index contributed by atoms with van der Waals surface area (Å²) in [4.78, 5) is 0. The highest BCUT2D eigenvalue weighted by Gasteiger charge is 2.21. The van der Waals surface area contributed by atoms with Crippen LogP contribution < -0.4 is 5.90 Å². The molecule has 0 radical (unpaired) electrons. The van der Waals surface area contributed by atoms with Crippen molar-refractivity contribution in [3.05, 3.63) is 0 Å². The summed E-state index contributed by atoms with van der Waals surface area (Å²) < 4.78 is 5.11. The van der Waals surface area contributed by atoms with Gasteiger partial charge in [0.05, 0.1) is 6.10 Å². The smallest absolute Gasteiger partial charge is 0.155 e. The van der Waals surface area contributed by atoms with Crippen molar-refractivity contribution in [3.8, 4) is 0 Å². The lowest BCUT2D eigenvalue weighted by molar-refractivity contribution is -0.169. The number of hydrogen-bond acceptors (Lipinski definition) is 4. The Morgan fingerprint density at radius 2 is 1.62 bits per heavy atom. The maximum atomic E-state index is 9.03. The zero-order chi connectivity index (χ0) is 10.9. The third-order valence-electron chi connectivity index (χ3n) is 1.73. The van der Waals surface area contributed by atoms with E-state index in [2.05, 4.69) is 12.8 Å². The molecule has 0 saturated carbocycles. The summed E-state index contributed by atoms with van der Waals surface area (Å²) in [7, 11) is 0. The first kappa shape index (κ1) is 15.3. The van der Waals surface area contributed by atoms with Crippen molar-refractivity contribution in [2.24, 2.45) is 11.8 Å². The number of rotatable bonds is 0. The Morgan fingerprint density at radius 3 is 1.92 bits per heavy atom. The number of aliphatic hydroxyl groups excluding tert-OH is 1. The van der Waals surface area contributed by atoms with Gasteiger partial charge >= 0.3 is 0 Å². The minimum atomic E-state index is -0.510. The lowest BCUT2D eigenvalue weighted by atomic mass is 9.98. The summed E-state index contributed by atoms with van der Waals surface area (Å²) >= 11 is 0. The van der Waals surface area contributed by atoms with E-state index in [1.807, 2.05) is 20.8 Å². The van der Waals surface area contributed by atoms with Crippen LogP contribution in [0, 0.1) is 5.92 Å². The van der Waals surface area contributed by atoms with Gasteiger partial charge in [0.25, 0.3) is 0 Å². The predicted molar refractivity (Wildman–Crippen MR) is 52.3 cm³/mol. The first-order chi connectivity index (χ1) is 6.18. The van der Waals surface area contributed by atoms with Gasteiger partial charge in [-0.25, -0.2) is 5.90 Å². The van der Waals surface area contributed by atoms with Gasteiger partial charge in [-0.15, -0.1) is 0 Å². The van der Waals surface area contributed by atoms with E-state index in [1.165, 1.54) is 0 Å². The predicted octanol–water partition coefficient (Wildman–Crippen LogP) is 1.50. The Bertz CT molecular complexity index is 75.8. The Balaban J connectivity index is 0. The van der Waals surface area contributed by atoms with Gasteiger partial charge in [0, 0.05) is 6.42 Å². The molecule has 82 valence electrons. The van der Waals surface area contributed by atoms with Gasteiger partial charge in [-0.05, 0) is 19.3 Å². The molecule has 4 N–H and O–H groups in total. The number of nitrogens with two attached hydrogens (primary N) is 1.